The summed E-state index contributed by atoms with van der Waals surface area (Å²) in [5.41, 5.74) is -0.0610. The minimum Gasteiger partial charge on any atom is -0.202 e. The molecule has 1 aliphatic rings. The lowest BCUT2D eigenvalue weighted by atomic mass is 9.98. The number of alkyl halides is 1. The lowest BCUT2D eigenvalue weighted by molar-refractivity contribution is 0.275. The van der Waals surface area contributed by atoms with Crippen molar-refractivity contribution in [3.05, 3.63) is 0 Å². The highest BCUT2D eigenvalue weighted by Crippen LogP contribution is 2.20. The number of hydrogen-bond acceptors (Lipinski definition) is 2. The Labute approximate surface area is 113 Å². The van der Waals surface area contributed by atoms with Crippen LogP contribution in [-0.2, 0) is 10.2 Å². The van der Waals surface area contributed by atoms with Crippen LogP contribution in [0.5, 0.6) is 0 Å². The molecule has 0 aromatic heterocycles. The summed E-state index contributed by atoms with van der Waals surface area (Å²) in [4.78, 5) is 0. The van der Waals surface area contributed by atoms with Crippen molar-refractivity contribution < 1.29 is 8.42 Å². The van der Waals surface area contributed by atoms with Crippen LogP contribution in [0.3, 0.4) is 0 Å². The van der Waals surface area contributed by atoms with Crippen LogP contribution >= 0.6 is 15.9 Å². The maximum Gasteiger partial charge on any atom is 0.279 e. The summed E-state index contributed by atoms with van der Waals surface area (Å²) in [7, 11) is -3.30. The zero-order valence-corrected chi connectivity index (χ0v) is 13.3. The van der Waals surface area contributed by atoms with Gasteiger partial charge in [0, 0.05) is 25.0 Å². The van der Waals surface area contributed by atoms with Gasteiger partial charge in [0.1, 0.15) is 0 Å². The Balaban J connectivity index is 2.56. The van der Waals surface area contributed by atoms with Gasteiger partial charge in [-0.1, -0.05) is 36.7 Å². The molecule has 102 valence electrons. The Bertz CT molecular complexity index is 343. The van der Waals surface area contributed by atoms with E-state index in [-0.39, 0.29) is 5.41 Å². The Morgan fingerprint density at radius 1 is 1.47 bits per heavy atom. The van der Waals surface area contributed by atoms with Gasteiger partial charge in [0.25, 0.3) is 10.2 Å². The first-order valence-electron chi connectivity index (χ1n) is 6.07. The SMILES string of the molecule is CC1CCCN(S(=O)(=O)NCC(C)(C)CBr)C1. The van der Waals surface area contributed by atoms with E-state index >= 15 is 0 Å². The molecule has 1 saturated heterocycles. The Kier molecular flexibility index (Phi) is 5.43. The second-order valence-corrected chi connectivity index (χ2v) is 8.05. The second-order valence-electron chi connectivity index (χ2n) is 5.73. The topological polar surface area (TPSA) is 49.4 Å². The first-order valence-corrected chi connectivity index (χ1v) is 8.64. The lowest BCUT2D eigenvalue weighted by Crippen LogP contribution is -2.47. The molecule has 0 amide bonds. The van der Waals surface area contributed by atoms with Gasteiger partial charge < -0.3 is 0 Å². The van der Waals surface area contributed by atoms with E-state index in [2.05, 4.69) is 27.6 Å². The summed E-state index contributed by atoms with van der Waals surface area (Å²) < 4.78 is 28.5. The minimum absolute atomic E-state index is 0.0610. The van der Waals surface area contributed by atoms with Crippen molar-refractivity contribution in [1.29, 1.82) is 0 Å². The monoisotopic (exact) mass is 326 g/mol. The molecule has 0 aromatic rings. The fourth-order valence-corrected chi connectivity index (χ4v) is 3.56. The predicted molar refractivity (Wildman–Crippen MR) is 74.5 cm³/mol. The van der Waals surface area contributed by atoms with E-state index in [0.29, 0.717) is 25.6 Å². The first-order chi connectivity index (χ1) is 7.77. The van der Waals surface area contributed by atoms with E-state index in [9.17, 15) is 8.42 Å². The Hall–Kier alpha value is 0.350. The summed E-state index contributed by atoms with van der Waals surface area (Å²) in [6.07, 6.45) is 2.09. The van der Waals surface area contributed by atoms with Crippen molar-refractivity contribution in [3.63, 3.8) is 0 Å². The maximum absolute atomic E-state index is 12.1. The van der Waals surface area contributed by atoms with Crippen LogP contribution in [0.15, 0.2) is 0 Å². The normalized spacial score (nSPS) is 23.9. The molecule has 0 saturated carbocycles. The summed E-state index contributed by atoms with van der Waals surface area (Å²) in [6.45, 7) is 7.92. The third kappa shape index (κ3) is 4.85. The lowest BCUT2D eigenvalue weighted by Gasteiger charge is -2.31. The van der Waals surface area contributed by atoms with Gasteiger partial charge in [0.15, 0.2) is 0 Å². The third-order valence-corrected chi connectivity index (χ3v) is 6.09. The van der Waals surface area contributed by atoms with Crippen LogP contribution in [0.2, 0.25) is 0 Å². The zero-order valence-electron chi connectivity index (χ0n) is 10.9. The average molecular weight is 327 g/mol. The van der Waals surface area contributed by atoms with Crippen molar-refractivity contribution in [1.82, 2.24) is 9.03 Å². The molecule has 0 aliphatic carbocycles. The molecule has 1 aliphatic heterocycles. The molecule has 0 radical (unpaired) electrons. The number of hydrogen-bond donors (Lipinski definition) is 1. The molecular weight excluding hydrogens is 304 g/mol. The van der Waals surface area contributed by atoms with Crippen LogP contribution in [0.25, 0.3) is 0 Å². The molecule has 1 N–H and O–H groups in total. The molecule has 1 fully saturated rings. The Morgan fingerprint density at radius 2 is 2.12 bits per heavy atom. The number of nitrogens with one attached hydrogen (secondary N) is 1. The summed E-state index contributed by atoms with van der Waals surface area (Å²) >= 11 is 3.40. The standard InChI is InChI=1S/C11H23BrN2O2S/c1-10-5-4-6-14(7-10)17(15,16)13-9-11(2,3)8-12/h10,13H,4-9H2,1-3H3. The van der Waals surface area contributed by atoms with E-state index in [1.165, 1.54) is 0 Å². The molecule has 0 aromatic carbocycles. The van der Waals surface area contributed by atoms with E-state index < -0.39 is 10.2 Å². The fourth-order valence-electron chi connectivity index (χ4n) is 1.79. The largest absolute Gasteiger partial charge is 0.279 e. The number of nitrogens with zero attached hydrogens (tertiary/aromatic N) is 1. The number of halogens is 1. The molecule has 6 heteroatoms. The summed E-state index contributed by atoms with van der Waals surface area (Å²) in [6, 6.07) is 0. The van der Waals surface area contributed by atoms with Gasteiger partial charge in [0.2, 0.25) is 0 Å². The van der Waals surface area contributed by atoms with Crippen LogP contribution in [-0.4, -0.2) is 37.7 Å². The van der Waals surface area contributed by atoms with Crippen molar-refractivity contribution in [2.75, 3.05) is 25.0 Å². The van der Waals surface area contributed by atoms with E-state index in [0.717, 1.165) is 18.2 Å². The predicted octanol–water partition coefficient (Wildman–Crippen LogP) is 1.97. The first kappa shape index (κ1) is 15.4. The van der Waals surface area contributed by atoms with Gasteiger partial charge in [-0.15, -0.1) is 0 Å². The quantitative estimate of drug-likeness (QED) is 0.785. The molecule has 1 unspecified atom stereocenters. The van der Waals surface area contributed by atoms with Gasteiger partial charge in [-0.2, -0.15) is 12.7 Å². The van der Waals surface area contributed by atoms with Crippen molar-refractivity contribution in [3.8, 4) is 0 Å². The molecule has 0 bridgehead atoms. The molecule has 4 nitrogen and oxygen atoms in total. The number of piperidine rings is 1. The van der Waals surface area contributed by atoms with E-state index in [1.54, 1.807) is 4.31 Å². The molecular formula is C11H23BrN2O2S. The molecule has 0 spiro atoms. The van der Waals surface area contributed by atoms with Gasteiger partial charge in [-0.3, -0.25) is 0 Å². The highest BCUT2D eigenvalue weighted by molar-refractivity contribution is 9.09. The average Bonchev–Trinajstić information content (AvgIpc) is 2.27. The van der Waals surface area contributed by atoms with Crippen molar-refractivity contribution in [2.45, 2.75) is 33.6 Å². The van der Waals surface area contributed by atoms with Crippen LogP contribution in [0, 0.1) is 11.3 Å². The summed E-state index contributed by atoms with van der Waals surface area (Å²) in [5.74, 6) is 0.463. The Morgan fingerprint density at radius 3 is 2.65 bits per heavy atom. The molecule has 1 heterocycles. The third-order valence-electron chi connectivity index (χ3n) is 3.05. The van der Waals surface area contributed by atoms with E-state index in [4.69, 9.17) is 0 Å². The van der Waals surface area contributed by atoms with Crippen LogP contribution in [0.1, 0.15) is 33.6 Å². The maximum atomic E-state index is 12.1. The van der Waals surface area contributed by atoms with E-state index in [1.807, 2.05) is 13.8 Å². The minimum atomic E-state index is -3.30. The highest BCUT2D eigenvalue weighted by atomic mass is 79.9. The fraction of sp³-hybridized carbons (Fsp3) is 1.00. The van der Waals surface area contributed by atoms with Crippen molar-refractivity contribution in [2.24, 2.45) is 11.3 Å². The van der Waals surface area contributed by atoms with Crippen LogP contribution < -0.4 is 4.72 Å². The molecule has 1 rings (SSSR count). The van der Waals surface area contributed by atoms with Gasteiger partial charge >= 0.3 is 0 Å². The van der Waals surface area contributed by atoms with Gasteiger partial charge in [-0.25, -0.2) is 4.72 Å². The van der Waals surface area contributed by atoms with Crippen molar-refractivity contribution >= 4 is 26.1 Å². The molecule has 17 heavy (non-hydrogen) atoms. The van der Waals surface area contributed by atoms with Gasteiger partial charge in [-0.05, 0) is 24.2 Å². The number of rotatable bonds is 5. The smallest absolute Gasteiger partial charge is 0.202 e. The highest BCUT2D eigenvalue weighted by Gasteiger charge is 2.28. The second kappa shape index (κ2) is 5.99. The zero-order chi connectivity index (χ0) is 13.1. The summed E-state index contributed by atoms with van der Waals surface area (Å²) in [5, 5.41) is 0.777. The van der Waals surface area contributed by atoms with Gasteiger partial charge in [0.05, 0.1) is 0 Å². The van der Waals surface area contributed by atoms with Crippen LogP contribution in [0.4, 0.5) is 0 Å². The molecule has 1 atom stereocenters.